The van der Waals surface area contributed by atoms with Gasteiger partial charge in [0.25, 0.3) is 0 Å². The van der Waals surface area contributed by atoms with Crippen LogP contribution in [-0.4, -0.2) is 13.1 Å². The second-order valence-electron chi connectivity index (χ2n) is 3.24. The largest absolute Gasteiger partial charge is 0.412 e. The molecule has 0 aliphatic rings. The molecule has 0 spiro atoms. The summed E-state index contributed by atoms with van der Waals surface area (Å²) in [6.07, 6.45) is 1.41. The molecule has 1 amide bonds. The van der Waals surface area contributed by atoms with Crippen molar-refractivity contribution in [3.63, 3.8) is 0 Å². The molecule has 3 nitrogen and oxygen atoms in total. The fourth-order valence-corrected chi connectivity index (χ4v) is 1.59. The first-order chi connectivity index (χ1) is 7.22. The van der Waals surface area contributed by atoms with Crippen LogP contribution >= 0.6 is 0 Å². The van der Waals surface area contributed by atoms with Gasteiger partial charge in [-0.25, -0.2) is 4.79 Å². The summed E-state index contributed by atoms with van der Waals surface area (Å²) in [4.78, 5) is 11.1. The molecule has 1 N–H and O–H groups in total. The minimum absolute atomic E-state index is 0.419. The van der Waals surface area contributed by atoms with Crippen LogP contribution in [0.2, 0.25) is 0 Å². The third-order valence-corrected chi connectivity index (χ3v) is 2.37. The third-order valence-electron chi connectivity index (χ3n) is 2.37. The molecule has 0 aliphatic carbocycles. The number of rotatable bonds is 3. The number of nitrogens with one attached hydrogen (secondary N) is 1. The third kappa shape index (κ3) is 2.72. The van der Waals surface area contributed by atoms with Gasteiger partial charge < -0.3 is 10.1 Å². The molecule has 0 saturated carbocycles. The van der Waals surface area contributed by atoms with Gasteiger partial charge in [0.15, 0.2) is 0 Å². The molecule has 1 aromatic carbocycles. The zero-order chi connectivity index (χ0) is 11.3. The molecule has 0 unspecified atom stereocenters. The predicted octanol–water partition coefficient (Wildman–Crippen LogP) is 2.53. The lowest BCUT2D eigenvalue weighted by molar-refractivity contribution is 0.202. The van der Waals surface area contributed by atoms with E-state index in [9.17, 15) is 4.79 Å². The minimum Gasteiger partial charge on any atom is -0.410 e. The summed E-state index contributed by atoms with van der Waals surface area (Å²) >= 11 is 0. The summed E-state index contributed by atoms with van der Waals surface area (Å²) in [7, 11) is 1.55. The smallest absolute Gasteiger partial charge is 0.410 e. The van der Waals surface area contributed by atoms with E-state index in [0.717, 1.165) is 18.4 Å². The molecule has 0 aliphatic heterocycles. The topological polar surface area (TPSA) is 38.3 Å². The SMILES string of the molecule is CCc1cccc(OC(=O)NC)c1CC. The zero-order valence-corrected chi connectivity index (χ0v) is 9.46. The fourth-order valence-electron chi connectivity index (χ4n) is 1.59. The van der Waals surface area contributed by atoms with Crippen LogP contribution in [0.25, 0.3) is 0 Å². The van der Waals surface area contributed by atoms with Gasteiger partial charge in [-0.1, -0.05) is 26.0 Å². The zero-order valence-electron chi connectivity index (χ0n) is 9.46. The average Bonchev–Trinajstić information content (AvgIpc) is 2.28. The van der Waals surface area contributed by atoms with E-state index in [-0.39, 0.29) is 0 Å². The normalized spacial score (nSPS) is 9.80. The van der Waals surface area contributed by atoms with Gasteiger partial charge in [0.1, 0.15) is 5.75 Å². The van der Waals surface area contributed by atoms with Crippen molar-refractivity contribution in [3.05, 3.63) is 29.3 Å². The Balaban J connectivity index is 3.00. The Morgan fingerprint density at radius 2 is 2.07 bits per heavy atom. The van der Waals surface area contributed by atoms with Crippen LogP contribution in [0.3, 0.4) is 0 Å². The first-order valence-corrected chi connectivity index (χ1v) is 5.23. The second kappa shape index (κ2) is 5.39. The Hall–Kier alpha value is -1.51. The summed E-state index contributed by atoms with van der Waals surface area (Å²) in [6, 6.07) is 5.80. The summed E-state index contributed by atoms with van der Waals surface area (Å²) in [5.74, 6) is 0.663. The van der Waals surface area contributed by atoms with Crippen molar-refractivity contribution in [2.45, 2.75) is 26.7 Å². The van der Waals surface area contributed by atoms with E-state index in [1.807, 2.05) is 12.1 Å². The van der Waals surface area contributed by atoms with Gasteiger partial charge in [-0.05, 0) is 30.0 Å². The van der Waals surface area contributed by atoms with E-state index in [1.165, 1.54) is 5.56 Å². The molecule has 0 atom stereocenters. The minimum atomic E-state index is -0.419. The quantitative estimate of drug-likeness (QED) is 0.827. The molecule has 0 saturated heterocycles. The number of amides is 1. The molecule has 1 aromatic rings. The summed E-state index contributed by atoms with van der Waals surface area (Å²) in [5.41, 5.74) is 2.35. The molecule has 0 fully saturated rings. The number of ether oxygens (including phenoxy) is 1. The highest BCUT2D eigenvalue weighted by Crippen LogP contribution is 2.23. The Morgan fingerprint density at radius 1 is 1.33 bits per heavy atom. The molecule has 82 valence electrons. The Kier molecular flexibility index (Phi) is 4.16. The number of carbonyl (C=O) groups excluding carboxylic acids is 1. The van der Waals surface area contributed by atoms with Crippen molar-refractivity contribution in [3.8, 4) is 5.75 Å². The molecular weight excluding hydrogens is 190 g/mol. The number of benzene rings is 1. The van der Waals surface area contributed by atoms with E-state index in [1.54, 1.807) is 7.05 Å². The maximum atomic E-state index is 11.1. The molecule has 15 heavy (non-hydrogen) atoms. The van der Waals surface area contributed by atoms with Crippen molar-refractivity contribution < 1.29 is 9.53 Å². The molecule has 1 rings (SSSR count). The van der Waals surface area contributed by atoms with Crippen LogP contribution in [0.15, 0.2) is 18.2 Å². The maximum Gasteiger partial charge on any atom is 0.412 e. The van der Waals surface area contributed by atoms with Gasteiger partial charge in [-0.3, -0.25) is 0 Å². The lowest BCUT2D eigenvalue weighted by atomic mass is 10.0. The number of carbonyl (C=O) groups is 1. The van der Waals surface area contributed by atoms with Crippen LogP contribution in [-0.2, 0) is 12.8 Å². The molecule has 0 heterocycles. The van der Waals surface area contributed by atoms with Crippen LogP contribution in [0.5, 0.6) is 5.75 Å². The van der Waals surface area contributed by atoms with Gasteiger partial charge in [0.05, 0.1) is 0 Å². The van der Waals surface area contributed by atoms with E-state index in [0.29, 0.717) is 5.75 Å². The van der Waals surface area contributed by atoms with E-state index >= 15 is 0 Å². The van der Waals surface area contributed by atoms with Gasteiger partial charge >= 0.3 is 6.09 Å². The molecule has 0 bridgehead atoms. The van der Waals surface area contributed by atoms with Crippen LogP contribution < -0.4 is 10.1 Å². The van der Waals surface area contributed by atoms with Gasteiger partial charge in [0.2, 0.25) is 0 Å². The summed E-state index contributed by atoms with van der Waals surface area (Å²) < 4.78 is 5.18. The first kappa shape index (κ1) is 11.6. The first-order valence-electron chi connectivity index (χ1n) is 5.23. The number of hydrogen-bond acceptors (Lipinski definition) is 2. The maximum absolute atomic E-state index is 11.1. The fraction of sp³-hybridized carbons (Fsp3) is 0.417. The Labute approximate surface area is 90.4 Å². The van der Waals surface area contributed by atoms with E-state index < -0.39 is 6.09 Å². The standard InChI is InChI=1S/C12H17NO2/c1-4-9-7-6-8-11(10(9)5-2)15-12(14)13-3/h6-8H,4-5H2,1-3H3,(H,13,14). The Bertz CT molecular complexity index is 347. The summed E-state index contributed by atoms with van der Waals surface area (Å²) in [5, 5.41) is 2.44. The van der Waals surface area contributed by atoms with E-state index in [4.69, 9.17) is 4.74 Å². The highest BCUT2D eigenvalue weighted by Gasteiger charge is 2.09. The van der Waals surface area contributed by atoms with Crippen molar-refractivity contribution >= 4 is 6.09 Å². The predicted molar refractivity (Wildman–Crippen MR) is 60.3 cm³/mol. The van der Waals surface area contributed by atoms with Crippen molar-refractivity contribution in [1.29, 1.82) is 0 Å². The highest BCUT2D eigenvalue weighted by atomic mass is 16.6. The van der Waals surface area contributed by atoms with Crippen molar-refractivity contribution in [2.24, 2.45) is 0 Å². The molecule has 0 aromatic heterocycles. The lowest BCUT2D eigenvalue weighted by Gasteiger charge is -2.11. The van der Waals surface area contributed by atoms with Gasteiger partial charge in [0, 0.05) is 7.05 Å². The summed E-state index contributed by atoms with van der Waals surface area (Å²) in [6.45, 7) is 4.16. The second-order valence-corrected chi connectivity index (χ2v) is 3.24. The van der Waals surface area contributed by atoms with Gasteiger partial charge in [-0.15, -0.1) is 0 Å². The van der Waals surface area contributed by atoms with Crippen LogP contribution in [0.4, 0.5) is 4.79 Å². The van der Waals surface area contributed by atoms with E-state index in [2.05, 4.69) is 25.2 Å². The average molecular weight is 207 g/mol. The van der Waals surface area contributed by atoms with Crippen molar-refractivity contribution in [1.82, 2.24) is 5.32 Å². The molecule has 0 radical (unpaired) electrons. The van der Waals surface area contributed by atoms with Crippen LogP contribution in [0.1, 0.15) is 25.0 Å². The monoisotopic (exact) mass is 207 g/mol. The van der Waals surface area contributed by atoms with Crippen molar-refractivity contribution in [2.75, 3.05) is 7.05 Å². The van der Waals surface area contributed by atoms with Crippen LogP contribution in [0, 0.1) is 0 Å². The number of hydrogen-bond donors (Lipinski definition) is 1. The highest BCUT2D eigenvalue weighted by molar-refractivity contribution is 5.70. The van der Waals surface area contributed by atoms with Gasteiger partial charge in [-0.2, -0.15) is 0 Å². The Morgan fingerprint density at radius 3 is 2.60 bits per heavy atom. The molecule has 3 heteroatoms. The molecular formula is C12H17NO2. The lowest BCUT2D eigenvalue weighted by Crippen LogP contribution is -2.22. The number of aryl methyl sites for hydroxylation is 1.